The van der Waals surface area contributed by atoms with Crippen LogP contribution in [0.2, 0.25) is 0 Å². The van der Waals surface area contributed by atoms with Crippen molar-refractivity contribution in [3.63, 3.8) is 0 Å². The number of hydrogen-bond acceptors (Lipinski definition) is 3. The maximum Gasteiger partial charge on any atom is 0.228 e. The van der Waals surface area contributed by atoms with Crippen LogP contribution in [0.4, 0.5) is 5.69 Å². The molecule has 4 aromatic carbocycles. The summed E-state index contributed by atoms with van der Waals surface area (Å²) in [6.45, 7) is 0. The van der Waals surface area contributed by atoms with Gasteiger partial charge in [-0.15, -0.1) is 11.3 Å². The molecule has 0 atom stereocenters. The largest absolute Gasteiger partial charge is 0.325 e. The Morgan fingerprint density at radius 2 is 1.59 bits per heavy atom. The van der Waals surface area contributed by atoms with Gasteiger partial charge in [0.1, 0.15) is 5.01 Å². The van der Waals surface area contributed by atoms with Crippen LogP contribution < -0.4 is 5.32 Å². The molecule has 1 aromatic heterocycles. The first-order chi connectivity index (χ1) is 14.3. The number of thiazole rings is 1. The highest BCUT2D eigenvalue weighted by Gasteiger charge is 2.13. The monoisotopic (exact) mass is 394 g/mol. The van der Waals surface area contributed by atoms with Gasteiger partial charge in [0.2, 0.25) is 5.91 Å². The van der Waals surface area contributed by atoms with Crippen molar-refractivity contribution < 1.29 is 4.79 Å². The van der Waals surface area contributed by atoms with E-state index in [0.29, 0.717) is 6.42 Å². The zero-order valence-electron chi connectivity index (χ0n) is 15.6. The molecule has 4 heteroatoms. The summed E-state index contributed by atoms with van der Waals surface area (Å²) in [4.78, 5) is 17.5. The van der Waals surface area contributed by atoms with Gasteiger partial charge >= 0.3 is 0 Å². The van der Waals surface area contributed by atoms with E-state index in [1.54, 1.807) is 11.3 Å². The lowest BCUT2D eigenvalue weighted by atomic mass is 10.0. The molecule has 0 aliphatic heterocycles. The van der Waals surface area contributed by atoms with Gasteiger partial charge < -0.3 is 5.32 Å². The average molecular weight is 394 g/mol. The zero-order valence-corrected chi connectivity index (χ0v) is 16.4. The number of hydrogen-bond donors (Lipinski definition) is 1. The summed E-state index contributed by atoms with van der Waals surface area (Å²) in [7, 11) is 0. The number of para-hydroxylation sites is 2. The molecule has 0 fully saturated rings. The van der Waals surface area contributed by atoms with Crippen molar-refractivity contribution in [2.75, 3.05) is 5.32 Å². The van der Waals surface area contributed by atoms with Gasteiger partial charge in [0.05, 0.1) is 22.3 Å². The van der Waals surface area contributed by atoms with Gasteiger partial charge in [-0.1, -0.05) is 66.7 Å². The van der Waals surface area contributed by atoms with E-state index in [2.05, 4.69) is 35.6 Å². The molecule has 1 heterocycles. The number of nitrogens with one attached hydrogen (secondary N) is 1. The number of aromatic nitrogens is 1. The van der Waals surface area contributed by atoms with Gasteiger partial charge in [0.25, 0.3) is 0 Å². The summed E-state index contributed by atoms with van der Waals surface area (Å²) in [5, 5.41) is 6.31. The fourth-order valence-electron chi connectivity index (χ4n) is 3.49. The van der Waals surface area contributed by atoms with Crippen LogP contribution in [0.1, 0.15) is 5.56 Å². The van der Waals surface area contributed by atoms with Gasteiger partial charge in [-0.05, 0) is 40.6 Å². The molecule has 140 valence electrons. The molecule has 1 N–H and O–H groups in total. The predicted molar refractivity (Wildman–Crippen MR) is 121 cm³/mol. The highest BCUT2D eigenvalue weighted by atomic mass is 32.1. The highest BCUT2D eigenvalue weighted by molar-refractivity contribution is 7.21. The SMILES string of the molecule is O=C(Cc1ccc2ccccc2c1)Nc1ccccc1-c1nc2ccccc2s1. The van der Waals surface area contributed by atoms with Crippen molar-refractivity contribution in [1.82, 2.24) is 4.98 Å². The van der Waals surface area contributed by atoms with Crippen LogP contribution in [0.25, 0.3) is 31.6 Å². The third-order valence-corrected chi connectivity index (χ3v) is 5.97. The van der Waals surface area contributed by atoms with Crippen LogP contribution in [0.5, 0.6) is 0 Å². The molecule has 0 bridgehead atoms. The second-order valence-electron chi connectivity index (χ2n) is 6.94. The number of amides is 1. The van der Waals surface area contributed by atoms with Crippen molar-refractivity contribution in [2.24, 2.45) is 0 Å². The zero-order chi connectivity index (χ0) is 19.6. The van der Waals surface area contributed by atoms with Crippen molar-refractivity contribution >= 4 is 43.9 Å². The number of carbonyl (C=O) groups excluding carboxylic acids is 1. The first kappa shape index (κ1) is 17.6. The van der Waals surface area contributed by atoms with Crippen molar-refractivity contribution in [1.29, 1.82) is 0 Å². The topological polar surface area (TPSA) is 42.0 Å². The van der Waals surface area contributed by atoms with Crippen LogP contribution in [0.3, 0.4) is 0 Å². The number of anilines is 1. The summed E-state index contributed by atoms with van der Waals surface area (Å²) in [5.74, 6) is -0.0335. The predicted octanol–water partition coefficient (Wildman–Crippen LogP) is 6.30. The van der Waals surface area contributed by atoms with Crippen LogP contribution in [0, 0.1) is 0 Å². The molecule has 0 radical (unpaired) electrons. The van der Waals surface area contributed by atoms with Crippen LogP contribution in [0.15, 0.2) is 91.0 Å². The van der Waals surface area contributed by atoms with Crippen LogP contribution >= 0.6 is 11.3 Å². The Morgan fingerprint density at radius 3 is 2.48 bits per heavy atom. The average Bonchev–Trinajstić information content (AvgIpc) is 3.18. The molecule has 0 aliphatic rings. The van der Waals surface area contributed by atoms with E-state index in [1.165, 1.54) is 5.39 Å². The molecule has 0 saturated heterocycles. The van der Waals surface area contributed by atoms with Gasteiger partial charge in [-0.2, -0.15) is 0 Å². The van der Waals surface area contributed by atoms with E-state index in [1.807, 2.05) is 60.7 Å². The standard InChI is InChI=1S/C25H18N2OS/c28-24(16-17-13-14-18-7-1-2-8-19(18)15-17)26-21-10-4-3-9-20(21)25-27-22-11-5-6-12-23(22)29-25/h1-15H,16H2,(H,26,28). The van der Waals surface area contributed by atoms with Crippen molar-refractivity contribution in [3.05, 3.63) is 96.6 Å². The number of fused-ring (bicyclic) bond motifs is 2. The molecule has 3 nitrogen and oxygen atoms in total. The number of nitrogens with zero attached hydrogens (tertiary/aromatic N) is 1. The summed E-state index contributed by atoms with van der Waals surface area (Å²) in [6, 6.07) is 30.3. The Labute approximate surface area is 172 Å². The Morgan fingerprint density at radius 1 is 0.828 bits per heavy atom. The lowest BCUT2D eigenvalue weighted by Crippen LogP contribution is -2.15. The van der Waals surface area contributed by atoms with Gasteiger partial charge in [-0.3, -0.25) is 4.79 Å². The van der Waals surface area contributed by atoms with Gasteiger partial charge in [-0.25, -0.2) is 4.98 Å². The molecule has 0 aliphatic carbocycles. The second-order valence-corrected chi connectivity index (χ2v) is 7.97. The van der Waals surface area contributed by atoms with E-state index in [0.717, 1.165) is 37.4 Å². The lowest BCUT2D eigenvalue weighted by molar-refractivity contribution is -0.115. The molecule has 0 unspecified atom stereocenters. The smallest absolute Gasteiger partial charge is 0.228 e. The minimum Gasteiger partial charge on any atom is -0.325 e. The lowest BCUT2D eigenvalue weighted by Gasteiger charge is -2.10. The number of benzene rings is 4. The number of carbonyl (C=O) groups is 1. The van der Waals surface area contributed by atoms with Gasteiger partial charge in [0, 0.05) is 5.56 Å². The van der Waals surface area contributed by atoms with Crippen molar-refractivity contribution in [3.8, 4) is 10.6 Å². The van der Waals surface area contributed by atoms with Gasteiger partial charge in [0.15, 0.2) is 0 Å². The third kappa shape index (κ3) is 3.62. The first-order valence-corrected chi connectivity index (χ1v) is 10.3. The van der Waals surface area contributed by atoms with E-state index in [-0.39, 0.29) is 5.91 Å². The molecular weight excluding hydrogens is 376 g/mol. The molecule has 29 heavy (non-hydrogen) atoms. The summed E-state index contributed by atoms with van der Waals surface area (Å²) in [6.07, 6.45) is 0.332. The van der Waals surface area contributed by atoms with E-state index >= 15 is 0 Å². The Kier molecular flexibility index (Phi) is 4.54. The summed E-state index contributed by atoms with van der Waals surface area (Å²) < 4.78 is 1.14. The van der Waals surface area contributed by atoms with Crippen LogP contribution in [-0.2, 0) is 11.2 Å². The maximum absolute atomic E-state index is 12.7. The Bertz CT molecular complexity index is 1310. The molecule has 5 rings (SSSR count). The quantitative estimate of drug-likeness (QED) is 0.389. The van der Waals surface area contributed by atoms with E-state index in [4.69, 9.17) is 4.98 Å². The molecule has 1 amide bonds. The minimum absolute atomic E-state index is 0.0335. The normalized spacial score (nSPS) is 11.0. The molecule has 5 aromatic rings. The summed E-state index contributed by atoms with van der Waals surface area (Å²) >= 11 is 1.63. The maximum atomic E-state index is 12.7. The first-order valence-electron chi connectivity index (χ1n) is 9.49. The second kappa shape index (κ2) is 7.49. The highest BCUT2D eigenvalue weighted by Crippen LogP contribution is 2.34. The Hall–Kier alpha value is -3.50. The fraction of sp³-hybridized carbons (Fsp3) is 0.0400. The molecule has 0 spiro atoms. The molecule has 0 saturated carbocycles. The minimum atomic E-state index is -0.0335. The van der Waals surface area contributed by atoms with E-state index in [9.17, 15) is 4.79 Å². The molecular formula is C25H18N2OS. The number of rotatable bonds is 4. The summed E-state index contributed by atoms with van der Waals surface area (Å²) in [5.41, 5.74) is 3.71. The van der Waals surface area contributed by atoms with Crippen molar-refractivity contribution in [2.45, 2.75) is 6.42 Å². The fourth-order valence-corrected chi connectivity index (χ4v) is 4.50. The Balaban J connectivity index is 1.40. The van der Waals surface area contributed by atoms with Crippen LogP contribution in [-0.4, -0.2) is 10.9 Å². The third-order valence-electron chi connectivity index (χ3n) is 4.90. The van der Waals surface area contributed by atoms with E-state index < -0.39 is 0 Å².